The molecule has 3 heterocycles. The van der Waals surface area contributed by atoms with Crippen LogP contribution < -0.4 is 15.1 Å². The zero-order valence-corrected chi connectivity index (χ0v) is 18.9. The van der Waals surface area contributed by atoms with E-state index in [2.05, 4.69) is 22.2 Å². The summed E-state index contributed by atoms with van der Waals surface area (Å²) in [6.45, 7) is 3.95. The van der Waals surface area contributed by atoms with Crippen LogP contribution in [0.5, 0.6) is 0 Å². The number of thiophene rings is 1. The van der Waals surface area contributed by atoms with Gasteiger partial charge in [0, 0.05) is 42.4 Å². The van der Waals surface area contributed by atoms with Crippen molar-refractivity contribution in [2.45, 2.75) is 0 Å². The number of anilines is 3. The van der Waals surface area contributed by atoms with E-state index in [9.17, 15) is 14.0 Å². The number of nitrogens with zero attached hydrogens (tertiary/aromatic N) is 3. The van der Waals surface area contributed by atoms with Crippen LogP contribution in [0.2, 0.25) is 0 Å². The van der Waals surface area contributed by atoms with Gasteiger partial charge in [-0.1, -0.05) is 18.2 Å². The summed E-state index contributed by atoms with van der Waals surface area (Å²) in [7, 11) is 2.12. The van der Waals surface area contributed by atoms with Gasteiger partial charge in [-0.2, -0.15) is 0 Å². The third-order valence-electron chi connectivity index (χ3n) is 5.95. The van der Waals surface area contributed by atoms with E-state index in [1.165, 1.54) is 29.5 Å². The van der Waals surface area contributed by atoms with Crippen LogP contribution in [-0.4, -0.2) is 49.9 Å². The Morgan fingerprint density at radius 1 is 0.879 bits per heavy atom. The minimum Gasteiger partial charge on any atom is -0.369 e. The third-order valence-corrected chi connectivity index (χ3v) is 6.84. The number of nitrogens with one attached hydrogen (secondary N) is 1. The van der Waals surface area contributed by atoms with Gasteiger partial charge in [0.2, 0.25) is 0 Å². The van der Waals surface area contributed by atoms with E-state index in [0.717, 1.165) is 36.8 Å². The standard InChI is InChI=1S/C25H23FN4O2S/c1-28-12-14-29(15-13-28)18-10-8-17(9-11-18)27-23-22(21-7-4-16-33-21)24(31)30(25(23)32)20-6-3-2-5-19(20)26/h2-11,16,27H,12-15H2,1H3. The quantitative estimate of drug-likeness (QED) is 0.580. The first kappa shape index (κ1) is 21.4. The molecule has 1 N–H and O–H groups in total. The zero-order chi connectivity index (χ0) is 22.9. The fourth-order valence-electron chi connectivity index (χ4n) is 4.11. The molecule has 1 aromatic heterocycles. The lowest BCUT2D eigenvalue weighted by atomic mass is 10.1. The first-order chi connectivity index (χ1) is 16.0. The minimum atomic E-state index is -0.623. The van der Waals surface area contributed by atoms with Crippen LogP contribution in [0.4, 0.5) is 21.5 Å². The summed E-state index contributed by atoms with van der Waals surface area (Å²) in [5.74, 6) is -1.73. The van der Waals surface area contributed by atoms with Crippen LogP contribution in [0.1, 0.15) is 4.88 Å². The molecule has 6 nitrogen and oxygen atoms in total. The molecule has 0 aliphatic carbocycles. The SMILES string of the molecule is CN1CCN(c2ccc(NC3=C(c4cccs4)C(=O)N(c4ccccc4F)C3=O)cc2)CC1. The summed E-state index contributed by atoms with van der Waals surface area (Å²) in [6, 6.07) is 17.2. The van der Waals surface area contributed by atoms with Crippen molar-refractivity contribution in [1.82, 2.24) is 4.90 Å². The number of halogens is 1. The maximum atomic E-state index is 14.5. The van der Waals surface area contributed by atoms with Gasteiger partial charge < -0.3 is 15.1 Å². The summed E-state index contributed by atoms with van der Waals surface area (Å²) in [6.07, 6.45) is 0. The molecule has 168 valence electrons. The number of carbonyl (C=O) groups is 2. The van der Waals surface area contributed by atoms with Crippen LogP contribution in [0.25, 0.3) is 5.57 Å². The van der Waals surface area contributed by atoms with Crippen LogP contribution >= 0.6 is 11.3 Å². The van der Waals surface area contributed by atoms with Crippen molar-refractivity contribution in [2.75, 3.05) is 48.3 Å². The maximum Gasteiger partial charge on any atom is 0.282 e. The molecule has 2 aromatic carbocycles. The summed E-state index contributed by atoms with van der Waals surface area (Å²) < 4.78 is 14.5. The third kappa shape index (κ3) is 4.03. The van der Waals surface area contributed by atoms with Gasteiger partial charge in [0.25, 0.3) is 11.8 Å². The second-order valence-electron chi connectivity index (χ2n) is 8.09. The van der Waals surface area contributed by atoms with E-state index in [1.54, 1.807) is 12.1 Å². The summed E-state index contributed by atoms with van der Waals surface area (Å²) in [4.78, 5) is 32.8. The van der Waals surface area contributed by atoms with E-state index in [-0.39, 0.29) is 17.0 Å². The molecule has 2 aliphatic heterocycles. The molecular formula is C25H23FN4O2S. The lowest BCUT2D eigenvalue weighted by Gasteiger charge is -2.34. The normalized spacial score (nSPS) is 17.3. The van der Waals surface area contributed by atoms with Gasteiger partial charge in [0.05, 0.1) is 11.3 Å². The van der Waals surface area contributed by atoms with Crippen LogP contribution in [-0.2, 0) is 9.59 Å². The molecule has 33 heavy (non-hydrogen) atoms. The highest BCUT2D eigenvalue weighted by atomic mass is 32.1. The van der Waals surface area contributed by atoms with E-state index in [0.29, 0.717) is 10.6 Å². The molecule has 8 heteroatoms. The Morgan fingerprint density at radius 2 is 1.61 bits per heavy atom. The van der Waals surface area contributed by atoms with Gasteiger partial charge in [0.1, 0.15) is 11.5 Å². The fraction of sp³-hybridized carbons (Fsp3) is 0.200. The molecule has 0 bridgehead atoms. The largest absolute Gasteiger partial charge is 0.369 e. The van der Waals surface area contributed by atoms with Crippen molar-refractivity contribution in [3.63, 3.8) is 0 Å². The smallest absolute Gasteiger partial charge is 0.282 e. The molecule has 3 aromatic rings. The number of para-hydroxylation sites is 1. The van der Waals surface area contributed by atoms with Gasteiger partial charge >= 0.3 is 0 Å². The lowest BCUT2D eigenvalue weighted by Crippen LogP contribution is -2.44. The highest BCUT2D eigenvalue weighted by Gasteiger charge is 2.41. The first-order valence-corrected chi connectivity index (χ1v) is 11.6. The number of hydrogen-bond acceptors (Lipinski definition) is 6. The molecule has 5 rings (SSSR count). The minimum absolute atomic E-state index is 0.0521. The average molecular weight is 463 g/mol. The van der Waals surface area contributed by atoms with E-state index in [4.69, 9.17) is 0 Å². The number of amides is 2. The Morgan fingerprint density at radius 3 is 2.27 bits per heavy atom. The molecule has 1 fully saturated rings. The van der Waals surface area contributed by atoms with Crippen molar-refractivity contribution in [1.29, 1.82) is 0 Å². The maximum absolute atomic E-state index is 14.5. The predicted molar refractivity (Wildman–Crippen MR) is 130 cm³/mol. The molecule has 0 spiro atoms. The lowest BCUT2D eigenvalue weighted by molar-refractivity contribution is -0.120. The molecular weight excluding hydrogens is 439 g/mol. The molecule has 0 radical (unpaired) electrons. The van der Waals surface area contributed by atoms with Gasteiger partial charge in [0.15, 0.2) is 0 Å². The van der Waals surface area contributed by atoms with Crippen molar-refractivity contribution >= 4 is 45.8 Å². The van der Waals surface area contributed by atoms with Gasteiger partial charge in [-0.15, -0.1) is 11.3 Å². The molecule has 0 atom stereocenters. The number of hydrogen-bond donors (Lipinski definition) is 1. The molecule has 2 amide bonds. The van der Waals surface area contributed by atoms with Crippen molar-refractivity contribution < 1.29 is 14.0 Å². The number of carbonyl (C=O) groups excluding carboxylic acids is 2. The zero-order valence-electron chi connectivity index (χ0n) is 18.1. The highest BCUT2D eigenvalue weighted by Crippen LogP contribution is 2.36. The Bertz CT molecular complexity index is 1220. The summed E-state index contributed by atoms with van der Waals surface area (Å²) in [5, 5.41) is 4.98. The Balaban J connectivity index is 1.45. The Labute approximate surface area is 195 Å². The average Bonchev–Trinajstić information content (AvgIpc) is 3.42. The fourth-order valence-corrected chi connectivity index (χ4v) is 4.88. The second-order valence-corrected chi connectivity index (χ2v) is 9.03. The Hall–Kier alpha value is -3.49. The molecule has 2 aliphatic rings. The number of rotatable bonds is 5. The Kier molecular flexibility index (Phi) is 5.70. The van der Waals surface area contributed by atoms with Crippen LogP contribution in [0.15, 0.2) is 71.7 Å². The van der Waals surface area contributed by atoms with E-state index < -0.39 is 17.6 Å². The van der Waals surface area contributed by atoms with Gasteiger partial charge in [-0.3, -0.25) is 9.59 Å². The van der Waals surface area contributed by atoms with Gasteiger partial charge in [-0.25, -0.2) is 9.29 Å². The van der Waals surface area contributed by atoms with Crippen LogP contribution in [0.3, 0.4) is 0 Å². The topological polar surface area (TPSA) is 55.9 Å². The highest BCUT2D eigenvalue weighted by molar-refractivity contribution is 7.11. The molecule has 1 saturated heterocycles. The van der Waals surface area contributed by atoms with Crippen molar-refractivity contribution in [3.05, 3.63) is 82.4 Å². The number of imide groups is 1. The summed E-state index contributed by atoms with van der Waals surface area (Å²) in [5.41, 5.74) is 2.15. The van der Waals surface area contributed by atoms with Crippen LogP contribution in [0, 0.1) is 5.82 Å². The van der Waals surface area contributed by atoms with Crippen molar-refractivity contribution in [3.8, 4) is 0 Å². The first-order valence-electron chi connectivity index (χ1n) is 10.7. The van der Waals surface area contributed by atoms with Crippen molar-refractivity contribution in [2.24, 2.45) is 0 Å². The monoisotopic (exact) mass is 462 g/mol. The predicted octanol–water partition coefficient (Wildman–Crippen LogP) is 4.04. The van der Waals surface area contributed by atoms with E-state index in [1.807, 2.05) is 35.7 Å². The number of likely N-dealkylation sites (N-methyl/N-ethyl adjacent to an activating group) is 1. The number of piperazine rings is 1. The van der Waals surface area contributed by atoms with E-state index >= 15 is 0 Å². The molecule has 0 unspecified atom stereocenters. The van der Waals surface area contributed by atoms with Gasteiger partial charge in [-0.05, 0) is 54.9 Å². The molecule has 0 saturated carbocycles. The number of benzene rings is 2. The summed E-state index contributed by atoms with van der Waals surface area (Å²) >= 11 is 1.36. The second kappa shape index (κ2) is 8.80.